The third kappa shape index (κ3) is 4.04. The van der Waals surface area contributed by atoms with E-state index in [0.29, 0.717) is 17.0 Å². The zero-order valence-corrected chi connectivity index (χ0v) is 14.9. The number of ether oxygens (including phenoxy) is 2. The van der Waals surface area contributed by atoms with Crippen LogP contribution in [0.2, 0.25) is 0 Å². The van der Waals surface area contributed by atoms with Crippen LogP contribution in [0, 0.1) is 11.3 Å². The molecule has 0 amide bonds. The SMILES string of the molecule is COc1ccc(/C=C(\C#N)Cn2nnn(-c3ccc(OC)cc3)c2=O)cc1. The molecular formula is C19H17N5O3. The molecule has 0 aliphatic carbocycles. The molecular weight excluding hydrogens is 346 g/mol. The molecule has 2 aromatic carbocycles. The van der Waals surface area contributed by atoms with Gasteiger partial charge in [0.1, 0.15) is 11.5 Å². The Balaban J connectivity index is 1.83. The van der Waals surface area contributed by atoms with Crippen molar-refractivity contribution in [3.8, 4) is 23.3 Å². The monoisotopic (exact) mass is 363 g/mol. The van der Waals surface area contributed by atoms with Crippen molar-refractivity contribution in [2.24, 2.45) is 0 Å². The Morgan fingerprint density at radius 3 is 2.19 bits per heavy atom. The number of aromatic nitrogens is 4. The highest BCUT2D eigenvalue weighted by Gasteiger charge is 2.10. The Morgan fingerprint density at radius 2 is 1.63 bits per heavy atom. The van der Waals surface area contributed by atoms with Gasteiger partial charge in [-0.15, -0.1) is 0 Å². The molecule has 136 valence electrons. The molecule has 3 rings (SSSR count). The van der Waals surface area contributed by atoms with Crippen LogP contribution >= 0.6 is 0 Å². The van der Waals surface area contributed by atoms with E-state index in [9.17, 15) is 10.1 Å². The Hall–Kier alpha value is -3.86. The fourth-order valence-corrected chi connectivity index (χ4v) is 2.43. The molecule has 3 aromatic rings. The van der Waals surface area contributed by atoms with E-state index < -0.39 is 5.69 Å². The van der Waals surface area contributed by atoms with Crippen molar-refractivity contribution < 1.29 is 9.47 Å². The van der Waals surface area contributed by atoms with Crippen LogP contribution < -0.4 is 15.2 Å². The minimum atomic E-state index is -0.434. The zero-order valence-electron chi connectivity index (χ0n) is 14.9. The average Bonchev–Trinajstić information content (AvgIpc) is 3.08. The summed E-state index contributed by atoms with van der Waals surface area (Å²) < 4.78 is 12.5. The fourth-order valence-electron chi connectivity index (χ4n) is 2.43. The van der Waals surface area contributed by atoms with E-state index in [4.69, 9.17) is 9.47 Å². The van der Waals surface area contributed by atoms with Gasteiger partial charge < -0.3 is 9.47 Å². The predicted molar refractivity (Wildman–Crippen MR) is 98.8 cm³/mol. The summed E-state index contributed by atoms with van der Waals surface area (Å²) in [6, 6.07) is 16.2. The summed E-state index contributed by atoms with van der Waals surface area (Å²) in [5.74, 6) is 1.40. The molecule has 0 fully saturated rings. The molecule has 0 bridgehead atoms. The van der Waals surface area contributed by atoms with Crippen molar-refractivity contribution in [1.29, 1.82) is 5.26 Å². The van der Waals surface area contributed by atoms with Gasteiger partial charge in [-0.25, -0.2) is 4.79 Å². The first kappa shape index (κ1) is 17.9. The third-order valence-corrected chi connectivity index (χ3v) is 3.88. The first-order chi connectivity index (χ1) is 13.1. The van der Waals surface area contributed by atoms with E-state index in [1.54, 1.807) is 56.7 Å². The van der Waals surface area contributed by atoms with E-state index in [1.165, 1.54) is 4.68 Å². The third-order valence-electron chi connectivity index (χ3n) is 3.88. The van der Waals surface area contributed by atoms with Crippen LogP contribution in [0.3, 0.4) is 0 Å². The van der Waals surface area contributed by atoms with Gasteiger partial charge in [0.05, 0.1) is 38.1 Å². The van der Waals surface area contributed by atoms with Crippen molar-refractivity contribution in [2.45, 2.75) is 6.54 Å². The molecule has 0 spiro atoms. The molecule has 27 heavy (non-hydrogen) atoms. The Morgan fingerprint density at radius 1 is 1.04 bits per heavy atom. The van der Waals surface area contributed by atoms with Crippen molar-refractivity contribution >= 4 is 6.08 Å². The van der Waals surface area contributed by atoms with Gasteiger partial charge >= 0.3 is 5.69 Å². The molecule has 1 aromatic heterocycles. The first-order valence-electron chi connectivity index (χ1n) is 8.06. The quantitative estimate of drug-likeness (QED) is 0.622. The maximum atomic E-state index is 12.5. The molecule has 0 radical (unpaired) electrons. The highest BCUT2D eigenvalue weighted by Crippen LogP contribution is 2.15. The molecule has 0 aliphatic heterocycles. The van der Waals surface area contributed by atoms with Gasteiger partial charge in [0.15, 0.2) is 0 Å². The highest BCUT2D eigenvalue weighted by atomic mass is 16.5. The van der Waals surface area contributed by atoms with Crippen molar-refractivity contribution in [2.75, 3.05) is 14.2 Å². The van der Waals surface area contributed by atoms with Gasteiger partial charge in [-0.1, -0.05) is 12.1 Å². The Bertz CT molecular complexity index is 1040. The maximum absolute atomic E-state index is 12.5. The fraction of sp³-hybridized carbons (Fsp3) is 0.158. The largest absolute Gasteiger partial charge is 0.497 e. The summed E-state index contributed by atoms with van der Waals surface area (Å²) in [4.78, 5) is 12.5. The van der Waals surface area contributed by atoms with E-state index in [1.807, 2.05) is 12.1 Å². The van der Waals surface area contributed by atoms with Gasteiger partial charge in [0.25, 0.3) is 0 Å². The molecule has 0 saturated carbocycles. The number of hydrogen-bond donors (Lipinski definition) is 0. The second kappa shape index (κ2) is 8.01. The van der Waals surface area contributed by atoms with Crippen LogP contribution in [0.4, 0.5) is 0 Å². The van der Waals surface area contributed by atoms with Crippen LogP contribution in [0.5, 0.6) is 11.5 Å². The summed E-state index contributed by atoms with van der Waals surface area (Å²) in [6.07, 6.45) is 1.69. The lowest BCUT2D eigenvalue weighted by Crippen LogP contribution is -2.24. The lowest BCUT2D eigenvalue weighted by Gasteiger charge is -2.02. The molecule has 0 aliphatic rings. The molecule has 1 heterocycles. The number of tetrazole rings is 1. The molecule has 8 heteroatoms. The summed E-state index contributed by atoms with van der Waals surface area (Å²) in [5.41, 5.74) is 1.33. The van der Waals surface area contributed by atoms with Gasteiger partial charge in [-0.3, -0.25) is 0 Å². The van der Waals surface area contributed by atoms with Crippen LogP contribution in [0.15, 0.2) is 58.9 Å². The van der Waals surface area contributed by atoms with Gasteiger partial charge in [-0.05, 0) is 58.5 Å². The Labute approximate surface area is 155 Å². The topological polar surface area (TPSA) is 95.0 Å². The lowest BCUT2D eigenvalue weighted by molar-refractivity contribution is 0.414. The van der Waals surface area contributed by atoms with Crippen LogP contribution in [-0.4, -0.2) is 34.0 Å². The second-order valence-corrected chi connectivity index (χ2v) is 5.58. The number of hydrogen-bond acceptors (Lipinski definition) is 6. The number of benzene rings is 2. The number of rotatable bonds is 6. The number of allylic oxidation sites excluding steroid dienone is 1. The summed E-state index contributed by atoms with van der Waals surface area (Å²) >= 11 is 0. The smallest absolute Gasteiger partial charge is 0.368 e. The highest BCUT2D eigenvalue weighted by molar-refractivity contribution is 5.57. The average molecular weight is 363 g/mol. The summed E-state index contributed by atoms with van der Waals surface area (Å²) in [5, 5.41) is 17.1. The Kier molecular flexibility index (Phi) is 5.33. The molecule has 0 unspecified atom stereocenters. The molecule has 0 N–H and O–H groups in total. The molecule has 8 nitrogen and oxygen atoms in total. The number of methoxy groups -OCH3 is 2. The minimum Gasteiger partial charge on any atom is -0.497 e. The maximum Gasteiger partial charge on any atom is 0.368 e. The van der Waals surface area contributed by atoms with Crippen LogP contribution in [0.1, 0.15) is 5.56 Å². The zero-order chi connectivity index (χ0) is 19.2. The molecule has 0 saturated heterocycles. The van der Waals surface area contributed by atoms with Gasteiger partial charge in [-0.2, -0.15) is 14.6 Å². The normalized spacial score (nSPS) is 11.1. The van der Waals surface area contributed by atoms with Crippen LogP contribution in [-0.2, 0) is 6.54 Å². The van der Waals surface area contributed by atoms with E-state index in [-0.39, 0.29) is 6.54 Å². The second-order valence-electron chi connectivity index (χ2n) is 5.58. The van der Waals surface area contributed by atoms with Crippen molar-refractivity contribution in [3.63, 3.8) is 0 Å². The van der Waals surface area contributed by atoms with Gasteiger partial charge in [0.2, 0.25) is 0 Å². The standard InChI is InChI=1S/C19H17N5O3/c1-26-17-7-3-14(4-8-17)11-15(12-20)13-23-19(25)24(22-21-23)16-5-9-18(27-2)10-6-16/h3-11H,13H2,1-2H3/b15-11+. The predicted octanol–water partition coefficient (Wildman–Crippen LogP) is 2.05. The lowest BCUT2D eigenvalue weighted by atomic mass is 10.1. The first-order valence-corrected chi connectivity index (χ1v) is 8.06. The number of nitriles is 1. The van der Waals surface area contributed by atoms with Gasteiger partial charge in [0, 0.05) is 0 Å². The van der Waals surface area contributed by atoms with E-state index >= 15 is 0 Å². The van der Waals surface area contributed by atoms with E-state index in [0.717, 1.165) is 16.0 Å². The summed E-state index contributed by atoms with van der Waals surface area (Å²) in [6.45, 7) is 0.0253. The molecule has 0 atom stereocenters. The minimum absolute atomic E-state index is 0.0253. The van der Waals surface area contributed by atoms with Crippen molar-refractivity contribution in [1.82, 2.24) is 19.8 Å². The van der Waals surface area contributed by atoms with E-state index in [2.05, 4.69) is 16.5 Å². The van der Waals surface area contributed by atoms with Crippen LogP contribution in [0.25, 0.3) is 11.8 Å². The summed E-state index contributed by atoms with van der Waals surface area (Å²) in [7, 11) is 3.15. The van der Waals surface area contributed by atoms with Crippen molar-refractivity contribution in [3.05, 3.63) is 70.2 Å². The number of nitrogens with zero attached hydrogens (tertiary/aromatic N) is 5.